The number of likely N-dealkylation sites (N-methyl/N-ethyl adjacent to an activating group) is 1. The maximum Gasteiger partial charge on any atom is 0.266 e. The first-order valence-electron chi connectivity index (χ1n) is 13.9. The first-order valence-corrected chi connectivity index (χ1v) is 13.9. The Balaban J connectivity index is 1.55. The quantitative estimate of drug-likeness (QED) is 0.233. The molecule has 0 saturated carbocycles. The number of hydrogen-bond donors (Lipinski definition) is 0. The minimum Gasteiger partial charge on any atom is -0.327 e. The molecule has 6 aromatic rings. The number of para-hydroxylation sites is 1. The third kappa shape index (κ3) is 4.98. The average Bonchev–Trinajstić information content (AvgIpc) is 3.00. The van der Waals surface area contributed by atoms with Gasteiger partial charge in [0.1, 0.15) is 5.82 Å². The van der Waals surface area contributed by atoms with E-state index in [2.05, 4.69) is 11.0 Å². The SMILES string of the molecule is CC(c1nc2ccccc2c(=O)n1-c1ccc2ccccc2c1)N(CCN(C)C)C(=O)c1cccc2ccccc12. The van der Waals surface area contributed by atoms with Crippen LogP contribution < -0.4 is 5.56 Å². The molecule has 0 bridgehead atoms. The van der Waals surface area contributed by atoms with Crippen LogP contribution in [0.5, 0.6) is 0 Å². The Bertz CT molecular complexity index is 1950. The van der Waals surface area contributed by atoms with Crippen LogP contribution in [0, 0.1) is 0 Å². The molecule has 1 heterocycles. The maximum atomic E-state index is 14.3. The molecule has 6 heteroatoms. The monoisotopic (exact) mass is 540 g/mol. The summed E-state index contributed by atoms with van der Waals surface area (Å²) >= 11 is 0. The number of carbonyl (C=O) groups is 1. The number of benzene rings is 5. The normalized spacial score (nSPS) is 12.3. The van der Waals surface area contributed by atoms with E-state index in [1.165, 1.54) is 0 Å². The first-order chi connectivity index (χ1) is 19.9. The van der Waals surface area contributed by atoms with Gasteiger partial charge in [0.05, 0.1) is 22.6 Å². The minimum absolute atomic E-state index is 0.0939. The fourth-order valence-electron chi connectivity index (χ4n) is 5.48. The topological polar surface area (TPSA) is 58.4 Å². The summed E-state index contributed by atoms with van der Waals surface area (Å²) < 4.78 is 1.68. The smallest absolute Gasteiger partial charge is 0.266 e. The van der Waals surface area contributed by atoms with Gasteiger partial charge in [0.15, 0.2) is 0 Å². The molecule has 1 amide bonds. The number of carbonyl (C=O) groups excluding carboxylic acids is 1. The predicted octanol–water partition coefficient (Wildman–Crippen LogP) is 6.46. The van der Waals surface area contributed by atoms with E-state index >= 15 is 0 Å². The molecule has 1 atom stereocenters. The average molecular weight is 541 g/mol. The van der Waals surface area contributed by atoms with E-state index in [0.717, 1.165) is 27.2 Å². The predicted molar refractivity (Wildman–Crippen MR) is 167 cm³/mol. The molecule has 0 aliphatic heterocycles. The molecule has 0 aliphatic rings. The molecule has 1 aromatic heterocycles. The van der Waals surface area contributed by atoms with Crippen LogP contribution in [0.2, 0.25) is 0 Å². The molecule has 0 radical (unpaired) electrons. The van der Waals surface area contributed by atoms with Crippen molar-refractivity contribution in [1.82, 2.24) is 19.4 Å². The molecule has 5 aromatic carbocycles. The number of rotatable bonds is 7. The molecule has 0 aliphatic carbocycles. The van der Waals surface area contributed by atoms with Crippen LogP contribution in [-0.2, 0) is 0 Å². The van der Waals surface area contributed by atoms with Crippen molar-refractivity contribution in [3.05, 3.63) is 131 Å². The van der Waals surface area contributed by atoms with Crippen LogP contribution in [0.4, 0.5) is 0 Å². The third-order valence-corrected chi connectivity index (χ3v) is 7.70. The highest BCUT2D eigenvalue weighted by Gasteiger charge is 2.28. The Morgan fingerprint density at radius 2 is 1.41 bits per heavy atom. The lowest BCUT2D eigenvalue weighted by molar-refractivity contribution is 0.0669. The van der Waals surface area contributed by atoms with E-state index in [1.807, 2.05) is 129 Å². The Hall–Kier alpha value is -4.81. The van der Waals surface area contributed by atoms with Gasteiger partial charge in [0.25, 0.3) is 11.5 Å². The van der Waals surface area contributed by atoms with Gasteiger partial charge in [-0.25, -0.2) is 4.98 Å². The Morgan fingerprint density at radius 1 is 0.756 bits per heavy atom. The van der Waals surface area contributed by atoms with Crippen molar-refractivity contribution in [1.29, 1.82) is 0 Å². The molecular formula is C35H32N4O2. The summed E-state index contributed by atoms with van der Waals surface area (Å²) in [6, 6.07) is 34.7. The summed E-state index contributed by atoms with van der Waals surface area (Å²) in [6.45, 7) is 3.10. The van der Waals surface area contributed by atoms with Crippen molar-refractivity contribution in [2.45, 2.75) is 13.0 Å². The van der Waals surface area contributed by atoms with E-state index in [1.54, 1.807) is 4.57 Å². The molecule has 204 valence electrons. The van der Waals surface area contributed by atoms with E-state index in [-0.39, 0.29) is 11.5 Å². The van der Waals surface area contributed by atoms with Crippen LogP contribution in [-0.4, -0.2) is 52.4 Å². The second-order valence-corrected chi connectivity index (χ2v) is 10.7. The number of aromatic nitrogens is 2. The summed E-state index contributed by atoms with van der Waals surface area (Å²) in [6.07, 6.45) is 0. The largest absolute Gasteiger partial charge is 0.327 e. The van der Waals surface area contributed by atoms with Crippen molar-refractivity contribution in [2.75, 3.05) is 27.2 Å². The van der Waals surface area contributed by atoms with Gasteiger partial charge in [0, 0.05) is 18.7 Å². The maximum absolute atomic E-state index is 14.3. The molecule has 0 spiro atoms. The summed E-state index contributed by atoms with van der Waals surface area (Å²) in [4.78, 5) is 37.4. The zero-order valence-electron chi connectivity index (χ0n) is 23.5. The van der Waals surface area contributed by atoms with Gasteiger partial charge >= 0.3 is 0 Å². The van der Waals surface area contributed by atoms with Crippen LogP contribution in [0.3, 0.4) is 0 Å². The van der Waals surface area contributed by atoms with Crippen molar-refractivity contribution in [2.24, 2.45) is 0 Å². The lowest BCUT2D eigenvalue weighted by Crippen LogP contribution is -2.41. The van der Waals surface area contributed by atoms with Crippen LogP contribution >= 0.6 is 0 Å². The third-order valence-electron chi connectivity index (χ3n) is 7.70. The summed E-state index contributed by atoms with van der Waals surface area (Å²) in [5, 5.41) is 4.57. The number of nitrogens with zero attached hydrogens (tertiary/aromatic N) is 4. The highest BCUT2D eigenvalue weighted by molar-refractivity contribution is 6.07. The standard InChI is InChI=1S/C35H32N4O2/c1-24(38(22-21-37(2)3)34(40)30-17-10-14-26-12-6-7-15-29(26)30)33-36-32-18-9-8-16-31(32)35(41)39(33)28-20-19-25-11-4-5-13-27(25)23-28/h4-20,23-24H,21-22H2,1-3H3. The summed E-state index contributed by atoms with van der Waals surface area (Å²) in [5.41, 5.74) is 1.81. The molecule has 1 unspecified atom stereocenters. The fourth-order valence-corrected chi connectivity index (χ4v) is 5.48. The zero-order chi connectivity index (χ0) is 28.5. The highest BCUT2D eigenvalue weighted by atomic mass is 16.2. The number of fused-ring (bicyclic) bond motifs is 3. The lowest BCUT2D eigenvalue weighted by Gasteiger charge is -2.32. The minimum atomic E-state index is -0.495. The molecule has 0 fully saturated rings. The van der Waals surface area contributed by atoms with Gasteiger partial charge < -0.3 is 9.80 Å². The number of amides is 1. The zero-order valence-corrected chi connectivity index (χ0v) is 23.5. The summed E-state index contributed by atoms with van der Waals surface area (Å²) in [7, 11) is 3.98. The van der Waals surface area contributed by atoms with Gasteiger partial charge in [-0.2, -0.15) is 0 Å². The van der Waals surface area contributed by atoms with Gasteiger partial charge in [0.2, 0.25) is 0 Å². The molecule has 41 heavy (non-hydrogen) atoms. The first kappa shape index (κ1) is 26.4. The second-order valence-electron chi connectivity index (χ2n) is 10.7. The van der Waals surface area contributed by atoms with Crippen molar-refractivity contribution in [3.8, 4) is 5.69 Å². The second kappa shape index (κ2) is 11.0. The highest BCUT2D eigenvalue weighted by Crippen LogP contribution is 2.28. The van der Waals surface area contributed by atoms with Crippen LogP contribution in [0.25, 0.3) is 38.1 Å². The van der Waals surface area contributed by atoms with E-state index < -0.39 is 6.04 Å². The molecule has 6 rings (SSSR count). The van der Waals surface area contributed by atoms with Crippen molar-refractivity contribution >= 4 is 38.4 Å². The van der Waals surface area contributed by atoms with Gasteiger partial charge in [-0.05, 0) is 72.9 Å². The van der Waals surface area contributed by atoms with Crippen LogP contribution in [0.15, 0.2) is 114 Å². The molecular weight excluding hydrogens is 508 g/mol. The lowest BCUT2D eigenvalue weighted by atomic mass is 10.0. The Labute approximate surface area is 239 Å². The fraction of sp³-hybridized carbons (Fsp3) is 0.171. The molecule has 6 nitrogen and oxygen atoms in total. The van der Waals surface area contributed by atoms with E-state index in [0.29, 0.717) is 35.4 Å². The van der Waals surface area contributed by atoms with Gasteiger partial charge in [-0.1, -0.05) is 78.9 Å². The Morgan fingerprint density at radius 3 is 2.20 bits per heavy atom. The number of hydrogen-bond acceptors (Lipinski definition) is 4. The van der Waals surface area contributed by atoms with E-state index in [4.69, 9.17) is 4.98 Å². The summed E-state index contributed by atoms with van der Waals surface area (Å²) in [5.74, 6) is 0.431. The van der Waals surface area contributed by atoms with Crippen molar-refractivity contribution in [3.63, 3.8) is 0 Å². The van der Waals surface area contributed by atoms with Crippen molar-refractivity contribution < 1.29 is 4.79 Å². The van der Waals surface area contributed by atoms with Gasteiger partial charge in [-0.3, -0.25) is 14.2 Å². The van der Waals surface area contributed by atoms with Crippen LogP contribution in [0.1, 0.15) is 29.1 Å². The van der Waals surface area contributed by atoms with Gasteiger partial charge in [-0.15, -0.1) is 0 Å². The Kier molecular flexibility index (Phi) is 7.08. The molecule has 0 saturated heterocycles. The van der Waals surface area contributed by atoms with E-state index in [9.17, 15) is 9.59 Å². The molecule has 0 N–H and O–H groups in total.